The van der Waals surface area contributed by atoms with Crippen LogP contribution in [-0.2, 0) is 28.7 Å². The molecule has 3 unspecified atom stereocenters. The lowest BCUT2D eigenvalue weighted by atomic mass is 9.39. The Hall–Kier alpha value is -2.70. The number of Topliss-reactive ketones (excluding diaryl/α,β-unsaturated/α-hetero) is 2. The Bertz CT molecular complexity index is 1100. The number of cyclic esters (lactones) is 1. The van der Waals surface area contributed by atoms with E-state index in [9.17, 15) is 19.2 Å². The predicted octanol–water partition coefficient (Wildman–Crippen LogP) is 4.22. The van der Waals surface area contributed by atoms with Gasteiger partial charge in [0.25, 0.3) is 0 Å². The molecule has 1 aromatic heterocycles. The van der Waals surface area contributed by atoms with Gasteiger partial charge in [0.2, 0.25) is 0 Å². The maximum atomic E-state index is 13.8. The van der Waals surface area contributed by atoms with E-state index in [1.165, 1.54) is 7.11 Å². The number of esters is 2. The predicted molar refractivity (Wildman–Crippen MR) is 120 cm³/mol. The summed E-state index contributed by atoms with van der Waals surface area (Å²) in [6, 6.07) is 1.82. The van der Waals surface area contributed by atoms with E-state index in [4.69, 9.17) is 13.9 Å². The van der Waals surface area contributed by atoms with Crippen LogP contribution in [0.4, 0.5) is 0 Å². The van der Waals surface area contributed by atoms with E-state index in [1.54, 1.807) is 18.6 Å². The van der Waals surface area contributed by atoms with Crippen molar-refractivity contribution >= 4 is 23.5 Å². The monoisotopic (exact) mass is 468 g/mol. The molecule has 1 aliphatic heterocycles. The van der Waals surface area contributed by atoms with E-state index in [0.29, 0.717) is 6.42 Å². The van der Waals surface area contributed by atoms with Crippen LogP contribution in [-0.4, -0.2) is 30.6 Å². The molecule has 34 heavy (non-hydrogen) atoms. The van der Waals surface area contributed by atoms with Gasteiger partial charge in [0.15, 0.2) is 0 Å². The lowest BCUT2D eigenvalue weighted by molar-refractivity contribution is -0.182. The van der Waals surface area contributed by atoms with Gasteiger partial charge in [0.05, 0.1) is 32.0 Å². The van der Waals surface area contributed by atoms with Crippen molar-refractivity contribution in [3.63, 3.8) is 0 Å². The summed E-state index contributed by atoms with van der Waals surface area (Å²) in [4.78, 5) is 52.6. The van der Waals surface area contributed by atoms with Crippen LogP contribution in [0, 0.1) is 39.9 Å². The summed E-state index contributed by atoms with van der Waals surface area (Å²) in [5.41, 5.74) is -0.390. The zero-order valence-corrected chi connectivity index (χ0v) is 20.4. The van der Waals surface area contributed by atoms with Crippen LogP contribution in [0.25, 0.3) is 0 Å². The van der Waals surface area contributed by atoms with Gasteiger partial charge >= 0.3 is 11.9 Å². The zero-order chi connectivity index (χ0) is 24.6. The van der Waals surface area contributed by atoms with Crippen molar-refractivity contribution in [3.8, 4) is 0 Å². The molecule has 3 fully saturated rings. The molecule has 7 nitrogen and oxygen atoms in total. The molecule has 1 aromatic rings. The van der Waals surface area contributed by atoms with Gasteiger partial charge in [-0.1, -0.05) is 27.7 Å². The third kappa shape index (κ3) is 2.88. The second-order valence-electron chi connectivity index (χ2n) is 11.5. The Morgan fingerprint density at radius 2 is 1.88 bits per heavy atom. The number of rotatable bonds is 3. The van der Waals surface area contributed by atoms with Crippen LogP contribution in [0.2, 0.25) is 0 Å². The van der Waals surface area contributed by atoms with Crippen LogP contribution < -0.4 is 0 Å². The van der Waals surface area contributed by atoms with Crippen LogP contribution in [0.3, 0.4) is 0 Å². The van der Waals surface area contributed by atoms with Crippen molar-refractivity contribution in [2.75, 3.05) is 7.11 Å². The summed E-state index contributed by atoms with van der Waals surface area (Å²) in [6.07, 6.45) is 6.16. The van der Waals surface area contributed by atoms with Crippen LogP contribution in [0.5, 0.6) is 0 Å². The standard InChI is InChI=1S/C27H32O7/c1-25(2)19(12-20(28)32-5)27(4)17-6-8-26(3)18(15(17)10-16(22(25)30)23(27)31)11-21(29)34-24(26)14-7-9-33-13-14/h7,9,11,13,15-17,19,24H,6,8,10,12H2,1-5H3/t15?,16?,17?,19-,24-,26+,27+/m0/s1. The van der Waals surface area contributed by atoms with Crippen LogP contribution in [0.15, 0.2) is 34.7 Å². The first-order valence-corrected chi connectivity index (χ1v) is 12.1. The normalized spacial score (nSPS) is 40.6. The molecule has 7 heteroatoms. The SMILES string of the molecule is COC(=O)C[C@H]1C(C)(C)C(=O)C2CC3C4=CC(=O)O[C@@H](c5ccoc5)[C@]4(C)CCC3[C@@]1(C)C2=O. The first-order chi connectivity index (χ1) is 16.0. The molecule has 2 bridgehead atoms. The van der Waals surface area contributed by atoms with E-state index >= 15 is 0 Å². The molecule has 3 aliphatic carbocycles. The smallest absolute Gasteiger partial charge is 0.331 e. The lowest BCUT2D eigenvalue weighted by Gasteiger charge is -2.63. The summed E-state index contributed by atoms with van der Waals surface area (Å²) >= 11 is 0. The molecule has 182 valence electrons. The Kier molecular flexibility index (Phi) is 5.02. The molecule has 2 heterocycles. The van der Waals surface area contributed by atoms with E-state index in [1.807, 2.05) is 26.8 Å². The van der Waals surface area contributed by atoms with E-state index in [0.717, 1.165) is 24.0 Å². The fraction of sp³-hybridized carbons (Fsp3) is 0.630. The van der Waals surface area contributed by atoms with E-state index in [-0.39, 0.29) is 29.8 Å². The molecule has 0 spiro atoms. The van der Waals surface area contributed by atoms with Crippen molar-refractivity contribution in [2.24, 2.45) is 39.9 Å². The number of ether oxygens (including phenoxy) is 2. The second-order valence-corrected chi connectivity index (χ2v) is 11.5. The first-order valence-electron chi connectivity index (χ1n) is 12.1. The molecular formula is C27H32O7. The number of carbonyl (C=O) groups is 4. The van der Waals surface area contributed by atoms with Gasteiger partial charge < -0.3 is 13.9 Å². The number of methoxy groups -OCH3 is 1. The topological polar surface area (TPSA) is 99.9 Å². The first kappa shape index (κ1) is 23.1. The average molecular weight is 469 g/mol. The van der Waals surface area contributed by atoms with Crippen LogP contribution >= 0.6 is 0 Å². The van der Waals surface area contributed by atoms with Crippen molar-refractivity contribution in [3.05, 3.63) is 35.8 Å². The third-order valence-electron chi connectivity index (χ3n) is 9.70. The fourth-order valence-electron chi connectivity index (χ4n) is 7.93. The number of hydrogen-bond donors (Lipinski definition) is 0. The highest BCUT2D eigenvalue weighted by Crippen LogP contribution is 2.68. The van der Waals surface area contributed by atoms with Gasteiger partial charge in [0, 0.05) is 27.9 Å². The van der Waals surface area contributed by atoms with E-state index < -0.39 is 46.1 Å². The summed E-state index contributed by atoms with van der Waals surface area (Å²) < 4.78 is 16.0. The molecule has 4 aliphatic rings. The highest BCUT2D eigenvalue weighted by atomic mass is 16.5. The second kappa shape index (κ2) is 7.40. The zero-order valence-electron chi connectivity index (χ0n) is 20.4. The van der Waals surface area contributed by atoms with Crippen molar-refractivity contribution in [1.82, 2.24) is 0 Å². The molecule has 3 saturated carbocycles. The summed E-state index contributed by atoms with van der Waals surface area (Å²) in [5, 5.41) is 0. The Morgan fingerprint density at radius 3 is 2.53 bits per heavy atom. The number of ketones is 2. The summed E-state index contributed by atoms with van der Waals surface area (Å²) in [5.74, 6) is -2.39. The van der Waals surface area contributed by atoms with Gasteiger partial charge in [-0.05, 0) is 48.7 Å². The third-order valence-corrected chi connectivity index (χ3v) is 9.70. The minimum absolute atomic E-state index is 0.0173. The van der Waals surface area contributed by atoms with Crippen molar-refractivity contribution in [1.29, 1.82) is 0 Å². The highest BCUT2D eigenvalue weighted by Gasteiger charge is 2.69. The Morgan fingerprint density at radius 1 is 1.15 bits per heavy atom. The van der Waals surface area contributed by atoms with Gasteiger partial charge in [0.1, 0.15) is 17.7 Å². The highest BCUT2D eigenvalue weighted by molar-refractivity contribution is 6.11. The van der Waals surface area contributed by atoms with Crippen LogP contribution in [0.1, 0.15) is 65.0 Å². The molecular weight excluding hydrogens is 436 g/mol. The van der Waals surface area contributed by atoms with Gasteiger partial charge in [-0.15, -0.1) is 0 Å². The van der Waals surface area contributed by atoms with Crippen molar-refractivity contribution in [2.45, 2.75) is 59.5 Å². The average Bonchev–Trinajstić information content (AvgIpc) is 3.32. The summed E-state index contributed by atoms with van der Waals surface area (Å²) in [7, 11) is 1.33. The minimum atomic E-state index is -0.867. The maximum Gasteiger partial charge on any atom is 0.331 e. The largest absolute Gasteiger partial charge is 0.472 e. The number of hydrogen-bond acceptors (Lipinski definition) is 7. The van der Waals surface area contributed by atoms with Crippen molar-refractivity contribution < 1.29 is 33.1 Å². The minimum Gasteiger partial charge on any atom is -0.472 e. The molecule has 0 aromatic carbocycles. The molecule has 0 radical (unpaired) electrons. The van der Waals surface area contributed by atoms with Gasteiger partial charge in [-0.3, -0.25) is 14.4 Å². The lowest BCUT2D eigenvalue weighted by Crippen LogP contribution is -2.66. The molecule has 7 atom stereocenters. The quantitative estimate of drug-likeness (QED) is 0.484. The number of fused-ring (bicyclic) bond motifs is 6. The Balaban J connectivity index is 1.62. The molecule has 0 saturated heterocycles. The number of carbonyl (C=O) groups excluding carboxylic acids is 4. The van der Waals surface area contributed by atoms with E-state index in [2.05, 4.69) is 6.92 Å². The number of furan rings is 1. The molecule has 0 amide bonds. The van der Waals surface area contributed by atoms with Gasteiger partial charge in [-0.25, -0.2) is 4.79 Å². The Labute approximate surface area is 199 Å². The molecule has 5 rings (SSSR count). The molecule has 0 N–H and O–H groups in total. The maximum absolute atomic E-state index is 13.8. The summed E-state index contributed by atoms with van der Waals surface area (Å²) in [6.45, 7) is 7.77. The fourth-order valence-corrected chi connectivity index (χ4v) is 7.93. The van der Waals surface area contributed by atoms with Gasteiger partial charge in [-0.2, -0.15) is 0 Å².